The number of amides is 1. The Hall–Kier alpha value is -2.21. The van der Waals surface area contributed by atoms with E-state index in [1.165, 1.54) is 23.5 Å². The molecule has 0 aliphatic heterocycles. The molecule has 30 heavy (non-hydrogen) atoms. The molecule has 0 bridgehead atoms. The molecule has 10 heteroatoms. The van der Waals surface area contributed by atoms with Crippen molar-refractivity contribution >= 4 is 58.1 Å². The lowest BCUT2D eigenvalue weighted by Gasteiger charge is -2.11. The van der Waals surface area contributed by atoms with E-state index in [1.807, 2.05) is 20.0 Å². The van der Waals surface area contributed by atoms with Crippen LogP contribution in [0, 0.1) is 12.7 Å². The number of halogens is 2. The zero-order valence-electron chi connectivity index (χ0n) is 16.9. The molecule has 0 saturated carbocycles. The molecule has 2 heterocycles. The second-order valence-electron chi connectivity index (χ2n) is 6.46. The van der Waals surface area contributed by atoms with Crippen LogP contribution in [0.4, 0.5) is 4.39 Å². The Morgan fingerprint density at radius 1 is 1.27 bits per heavy atom. The number of thiazole rings is 1. The second-order valence-corrected chi connectivity index (χ2v) is 7.32. The summed E-state index contributed by atoms with van der Waals surface area (Å²) < 4.78 is 13.3. The molecule has 0 aliphatic carbocycles. The molecule has 0 radical (unpaired) electrons. The monoisotopic (exact) mass is 544 g/mol. The third-order valence-electron chi connectivity index (χ3n) is 4.38. The van der Waals surface area contributed by atoms with Gasteiger partial charge in [-0.3, -0.25) is 9.79 Å². The highest BCUT2D eigenvalue weighted by atomic mass is 127. The first-order valence-electron chi connectivity index (χ1n) is 9.54. The highest BCUT2D eigenvalue weighted by Gasteiger charge is 2.10. The predicted molar refractivity (Wildman–Crippen MR) is 131 cm³/mol. The smallest absolute Gasteiger partial charge is 0.263 e. The fraction of sp³-hybridized carbons (Fsp3) is 0.350. The van der Waals surface area contributed by atoms with E-state index in [0.717, 1.165) is 35.1 Å². The number of aliphatic imine (C=N–C) groups is 1. The molecule has 0 saturated heterocycles. The van der Waals surface area contributed by atoms with Crippen LogP contribution in [0.15, 0.2) is 34.9 Å². The normalized spacial score (nSPS) is 11.2. The number of aromatic nitrogens is 2. The molecule has 0 fully saturated rings. The van der Waals surface area contributed by atoms with Crippen molar-refractivity contribution in [2.75, 3.05) is 26.2 Å². The molecule has 0 aliphatic rings. The summed E-state index contributed by atoms with van der Waals surface area (Å²) in [6, 6.07) is 4.75. The van der Waals surface area contributed by atoms with Crippen LogP contribution in [0.25, 0.3) is 10.9 Å². The fourth-order valence-electron chi connectivity index (χ4n) is 2.95. The van der Waals surface area contributed by atoms with Gasteiger partial charge in [-0.05, 0) is 44.0 Å². The number of hydrogen-bond acceptors (Lipinski definition) is 4. The van der Waals surface area contributed by atoms with Crippen LogP contribution in [0.2, 0.25) is 0 Å². The Bertz CT molecular complexity index is 1000. The first-order valence-corrected chi connectivity index (χ1v) is 10.4. The quantitative estimate of drug-likeness (QED) is 0.152. The zero-order valence-corrected chi connectivity index (χ0v) is 20.1. The Labute approximate surface area is 196 Å². The van der Waals surface area contributed by atoms with Crippen LogP contribution in [0.5, 0.6) is 0 Å². The van der Waals surface area contributed by atoms with Crippen LogP contribution < -0.4 is 16.0 Å². The van der Waals surface area contributed by atoms with E-state index in [0.29, 0.717) is 30.5 Å². The Morgan fingerprint density at radius 3 is 2.80 bits per heavy atom. The van der Waals surface area contributed by atoms with E-state index in [4.69, 9.17) is 0 Å². The van der Waals surface area contributed by atoms with Crippen molar-refractivity contribution in [3.8, 4) is 0 Å². The summed E-state index contributed by atoms with van der Waals surface area (Å²) >= 11 is 1.34. The first kappa shape index (κ1) is 24.1. The number of benzene rings is 1. The van der Waals surface area contributed by atoms with Crippen molar-refractivity contribution in [3.63, 3.8) is 0 Å². The third kappa shape index (κ3) is 6.39. The lowest BCUT2D eigenvalue weighted by atomic mass is 10.1. The molecule has 0 spiro atoms. The number of fused-ring (bicyclic) bond motifs is 1. The van der Waals surface area contributed by atoms with Gasteiger partial charge in [0, 0.05) is 43.3 Å². The third-order valence-corrected chi connectivity index (χ3v) is 5.31. The number of nitrogens with one attached hydrogen (secondary N) is 4. The van der Waals surface area contributed by atoms with Gasteiger partial charge in [-0.2, -0.15) is 0 Å². The summed E-state index contributed by atoms with van der Waals surface area (Å²) in [5.74, 6) is 0.339. The first-order chi connectivity index (χ1) is 14.1. The van der Waals surface area contributed by atoms with Crippen LogP contribution >= 0.6 is 35.3 Å². The lowest BCUT2D eigenvalue weighted by molar-refractivity contribution is 0.0957. The largest absolute Gasteiger partial charge is 0.361 e. The molecule has 1 amide bonds. The predicted octanol–water partition coefficient (Wildman–Crippen LogP) is 3.22. The lowest BCUT2D eigenvalue weighted by Crippen LogP contribution is -2.41. The van der Waals surface area contributed by atoms with Gasteiger partial charge in [0.25, 0.3) is 5.91 Å². The van der Waals surface area contributed by atoms with Crippen molar-refractivity contribution in [3.05, 3.63) is 51.9 Å². The summed E-state index contributed by atoms with van der Waals surface area (Å²) in [4.78, 5) is 24.5. The highest BCUT2D eigenvalue weighted by molar-refractivity contribution is 14.0. The van der Waals surface area contributed by atoms with E-state index in [2.05, 4.69) is 30.9 Å². The van der Waals surface area contributed by atoms with Crippen molar-refractivity contribution in [2.24, 2.45) is 4.99 Å². The van der Waals surface area contributed by atoms with E-state index in [-0.39, 0.29) is 35.7 Å². The topological polar surface area (TPSA) is 94.2 Å². The molecule has 162 valence electrons. The SMILES string of the molecule is CCNC(=NCCc1c[nH]c2cc(F)ccc12)NCCNC(=O)c1scnc1C.I. The number of nitrogens with zero attached hydrogens (tertiary/aromatic N) is 2. The van der Waals surface area contributed by atoms with Gasteiger partial charge >= 0.3 is 0 Å². The number of hydrogen-bond donors (Lipinski definition) is 4. The second kappa shape index (κ2) is 11.8. The molecule has 3 rings (SSSR count). The van der Waals surface area contributed by atoms with Gasteiger partial charge in [0.1, 0.15) is 10.7 Å². The molecule has 0 atom stereocenters. The van der Waals surface area contributed by atoms with Gasteiger partial charge in [-0.1, -0.05) is 0 Å². The van der Waals surface area contributed by atoms with E-state index >= 15 is 0 Å². The highest BCUT2D eigenvalue weighted by Crippen LogP contribution is 2.19. The molecule has 0 unspecified atom stereocenters. The van der Waals surface area contributed by atoms with Crippen LogP contribution in [-0.4, -0.2) is 48.0 Å². The summed E-state index contributed by atoms with van der Waals surface area (Å²) in [7, 11) is 0. The van der Waals surface area contributed by atoms with Gasteiger partial charge in [-0.15, -0.1) is 35.3 Å². The number of H-pyrrole nitrogens is 1. The summed E-state index contributed by atoms with van der Waals surface area (Å²) in [6.07, 6.45) is 2.64. The number of carbonyl (C=O) groups is 1. The van der Waals surface area contributed by atoms with Gasteiger partial charge in [0.2, 0.25) is 0 Å². The van der Waals surface area contributed by atoms with Crippen LogP contribution in [0.3, 0.4) is 0 Å². The summed E-state index contributed by atoms with van der Waals surface area (Å²) in [5, 5.41) is 10.3. The number of aromatic amines is 1. The van der Waals surface area contributed by atoms with Gasteiger partial charge in [0.05, 0.1) is 11.2 Å². The summed E-state index contributed by atoms with van der Waals surface area (Å²) in [6.45, 7) is 6.19. The average molecular weight is 544 g/mol. The number of carbonyl (C=O) groups excluding carboxylic acids is 1. The van der Waals surface area contributed by atoms with Gasteiger partial charge in [0.15, 0.2) is 5.96 Å². The van der Waals surface area contributed by atoms with Crippen molar-refractivity contribution < 1.29 is 9.18 Å². The molecule has 4 N–H and O–H groups in total. The average Bonchev–Trinajstić information content (AvgIpc) is 3.30. The van der Waals surface area contributed by atoms with Crippen LogP contribution in [0.1, 0.15) is 27.9 Å². The minimum Gasteiger partial charge on any atom is -0.361 e. The van der Waals surface area contributed by atoms with E-state index in [1.54, 1.807) is 11.6 Å². The molecular formula is C20H26FIN6OS. The Kier molecular flexibility index (Phi) is 9.50. The maximum atomic E-state index is 13.3. The van der Waals surface area contributed by atoms with Gasteiger partial charge < -0.3 is 20.9 Å². The van der Waals surface area contributed by atoms with E-state index < -0.39 is 0 Å². The van der Waals surface area contributed by atoms with Crippen molar-refractivity contribution in [2.45, 2.75) is 20.3 Å². The van der Waals surface area contributed by atoms with E-state index in [9.17, 15) is 9.18 Å². The van der Waals surface area contributed by atoms with Crippen molar-refractivity contribution in [1.29, 1.82) is 0 Å². The minimum absolute atomic E-state index is 0. The summed E-state index contributed by atoms with van der Waals surface area (Å²) in [5.41, 5.74) is 4.31. The number of aryl methyl sites for hydroxylation is 1. The molecule has 7 nitrogen and oxygen atoms in total. The molecular weight excluding hydrogens is 518 g/mol. The van der Waals surface area contributed by atoms with Crippen molar-refractivity contribution in [1.82, 2.24) is 25.9 Å². The van der Waals surface area contributed by atoms with Crippen LogP contribution in [-0.2, 0) is 6.42 Å². The minimum atomic E-state index is -0.250. The zero-order chi connectivity index (χ0) is 20.6. The Morgan fingerprint density at radius 2 is 2.07 bits per heavy atom. The molecule has 3 aromatic rings. The fourth-order valence-corrected chi connectivity index (χ4v) is 3.67. The van der Waals surface area contributed by atoms with Gasteiger partial charge in [-0.25, -0.2) is 9.37 Å². The maximum Gasteiger partial charge on any atom is 0.263 e. The molecule has 1 aromatic carbocycles. The Balaban J connectivity index is 0.00000320. The molecule has 2 aromatic heterocycles. The number of rotatable bonds is 8. The number of guanidine groups is 1. The maximum absolute atomic E-state index is 13.3. The standard InChI is InChI=1S/C20H25FN6OS.HI/c1-3-22-20(25-9-8-23-19(28)18-13(2)27-12-29-18)24-7-6-14-11-26-17-10-15(21)4-5-16(14)17;/h4-5,10-12,26H,3,6-9H2,1-2H3,(H,23,28)(H2,22,24,25);1H.